The van der Waals surface area contributed by atoms with Gasteiger partial charge in [0.05, 0.1) is 6.10 Å². The van der Waals surface area contributed by atoms with Gasteiger partial charge >= 0.3 is 0 Å². The van der Waals surface area contributed by atoms with E-state index in [1.54, 1.807) is 0 Å². The highest BCUT2D eigenvalue weighted by Crippen LogP contribution is 2.14. The Morgan fingerprint density at radius 2 is 1.83 bits per heavy atom. The van der Waals surface area contributed by atoms with E-state index in [1.165, 1.54) is 0 Å². The second-order valence-corrected chi connectivity index (χ2v) is 3.90. The molecule has 72 valence electrons. The smallest absolute Gasteiger partial charge is 0.120 e. The maximum absolute atomic E-state index is 10.1. The molecule has 0 spiro atoms. The normalized spacial score (nSPS) is 16.1. The maximum Gasteiger partial charge on any atom is 0.120 e. The number of carbonyl (C=O) groups excluding carboxylic acids is 1. The molecule has 2 nitrogen and oxygen atoms in total. The lowest BCUT2D eigenvalue weighted by Crippen LogP contribution is -2.15. The number of hydrogen-bond donors (Lipinski definition) is 1. The first-order valence-corrected chi connectivity index (χ1v) is 4.69. The Morgan fingerprint density at radius 1 is 1.25 bits per heavy atom. The van der Waals surface area contributed by atoms with E-state index in [9.17, 15) is 9.90 Å². The van der Waals surface area contributed by atoms with Gasteiger partial charge in [-0.1, -0.05) is 20.8 Å². The van der Waals surface area contributed by atoms with Crippen LogP contribution < -0.4 is 0 Å². The van der Waals surface area contributed by atoms with Crippen LogP contribution in [0.5, 0.6) is 0 Å². The highest BCUT2D eigenvalue weighted by Gasteiger charge is 2.10. The van der Waals surface area contributed by atoms with Gasteiger partial charge in [0.2, 0.25) is 0 Å². The van der Waals surface area contributed by atoms with Crippen molar-refractivity contribution in [3.05, 3.63) is 0 Å². The second kappa shape index (κ2) is 6.18. The van der Waals surface area contributed by atoms with Crippen LogP contribution in [0.3, 0.4) is 0 Å². The zero-order valence-electron chi connectivity index (χ0n) is 8.29. The summed E-state index contributed by atoms with van der Waals surface area (Å²) in [6.07, 6.45) is 3.11. The van der Waals surface area contributed by atoms with Gasteiger partial charge < -0.3 is 9.90 Å². The van der Waals surface area contributed by atoms with E-state index in [4.69, 9.17) is 0 Å². The molecule has 0 aromatic carbocycles. The molecule has 2 atom stereocenters. The Hall–Kier alpha value is -0.370. The Balaban J connectivity index is 3.46. The summed E-state index contributed by atoms with van der Waals surface area (Å²) in [7, 11) is 0. The summed E-state index contributed by atoms with van der Waals surface area (Å²) in [4.78, 5) is 10.1. The van der Waals surface area contributed by atoms with E-state index < -0.39 is 0 Å². The summed E-state index contributed by atoms with van der Waals surface area (Å²) in [5, 5.41) is 9.46. The molecule has 0 amide bonds. The zero-order valence-corrected chi connectivity index (χ0v) is 8.29. The SMILES string of the molecule is CC(C)[C@@H](O)CC[C@@H](C)CC=O. The maximum atomic E-state index is 10.1. The molecule has 1 N–H and O–H groups in total. The van der Waals surface area contributed by atoms with Gasteiger partial charge in [0.15, 0.2) is 0 Å². The molecule has 0 aliphatic carbocycles. The van der Waals surface area contributed by atoms with E-state index in [0.717, 1.165) is 19.1 Å². The Kier molecular flexibility index (Phi) is 5.99. The van der Waals surface area contributed by atoms with Crippen molar-refractivity contribution in [1.82, 2.24) is 0 Å². The number of aliphatic hydroxyl groups is 1. The molecule has 0 aromatic heterocycles. The number of rotatable bonds is 6. The van der Waals surface area contributed by atoms with Gasteiger partial charge in [0, 0.05) is 6.42 Å². The third kappa shape index (κ3) is 5.30. The van der Waals surface area contributed by atoms with Crippen LogP contribution in [0.4, 0.5) is 0 Å². The molecule has 0 rings (SSSR count). The Morgan fingerprint density at radius 3 is 2.25 bits per heavy atom. The van der Waals surface area contributed by atoms with Gasteiger partial charge in [-0.3, -0.25) is 0 Å². The second-order valence-electron chi connectivity index (χ2n) is 3.90. The fraction of sp³-hybridized carbons (Fsp3) is 0.900. The zero-order chi connectivity index (χ0) is 9.56. The molecular weight excluding hydrogens is 152 g/mol. The van der Waals surface area contributed by atoms with Crippen LogP contribution in [0.1, 0.15) is 40.0 Å². The predicted octanol–water partition coefficient (Wildman–Crippen LogP) is 2.01. The van der Waals surface area contributed by atoms with Gasteiger partial charge in [0.25, 0.3) is 0 Å². The van der Waals surface area contributed by atoms with E-state index in [-0.39, 0.29) is 6.10 Å². The standard InChI is InChI=1S/C10H20O2/c1-8(2)10(12)5-4-9(3)6-7-11/h7-10,12H,4-6H2,1-3H3/t9-,10+/m1/s1. The molecule has 0 saturated heterocycles. The summed E-state index contributed by atoms with van der Waals surface area (Å²) in [5.74, 6) is 0.740. The first-order chi connectivity index (χ1) is 5.57. The highest BCUT2D eigenvalue weighted by molar-refractivity contribution is 5.49. The highest BCUT2D eigenvalue weighted by atomic mass is 16.3. The van der Waals surface area contributed by atoms with Crippen LogP contribution in [-0.4, -0.2) is 17.5 Å². The lowest BCUT2D eigenvalue weighted by molar-refractivity contribution is -0.108. The average Bonchev–Trinajstić information content (AvgIpc) is 2.00. The van der Waals surface area contributed by atoms with E-state index >= 15 is 0 Å². The molecule has 0 aliphatic heterocycles. The van der Waals surface area contributed by atoms with Crippen molar-refractivity contribution >= 4 is 6.29 Å². The minimum Gasteiger partial charge on any atom is -0.393 e. The summed E-state index contributed by atoms with van der Waals surface area (Å²) in [5.41, 5.74) is 0. The average molecular weight is 172 g/mol. The molecule has 0 heterocycles. The fourth-order valence-corrected chi connectivity index (χ4v) is 1.07. The molecule has 0 radical (unpaired) electrons. The predicted molar refractivity (Wildman–Crippen MR) is 49.9 cm³/mol. The molecule has 0 fully saturated rings. The largest absolute Gasteiger partial charge is 0.393 e. The first-order valence-electron chi connectivity index (χ1n) is 4.69. The van der Waals surface area contributed by atoms with Crippen molar-refractivity contribution in [1.29, 1.82) is 0 Å². The van der Waals surface area contributed by atoms with Crippen molar-refractivity contribution in [3.63, 3.8) is 0 Å². The third-order valence-corrected chi connectivity index (χ3v) is 2.22. The van der Waals surface area contributed by atoms with Crippen molar-refractivity contribution in [2.75, 3.05) is 0 Å². The van der Waals surface area contributed by atoms with Gasteiger partial charge in [-0.2, -0.15) is 0 Å². The number of aldehydes is 1. The van der Waals surface area contributed by atoms with Gasteiger partial charge in [-0.05, 0) is 24.7 Å². The van der Waals surface area contributed by atoms with Crippen molar-refractivity contribution in [3.8, 4) is 0 Å². The third-order valence-electron chi connectivity index (χ3n) is 2.22. The molecular formula is C10H20O2. The van der Waals surface area contributed by atoms with Crippen LogP contribution in [0.25, 0.3) is 0 Å². The lowest BCUT2D eigenvalue weighted by atomic mass is 9.96. The summed E-state index contributed by atoms with van der Waals surface area (Å²) in [6, 6.07) is 0. The van der Waals surface area contributed by atoms with Crippen LogP contribution in [0.2, 0.25) is 0 Å². The summed E-state index contributed by atoms with van der Waals surface area (Å²) in [6.45, 7) is 6.06. The van der Waals surface area contributed by atoms with Crippen LogP contribution >= 0.6 is 0 Å². The summed E-state index contributed by atoms with van der Waals surface area (Å²) < 4.78 is 0. The minimum absolute atomic E-state index is 0.209. The van der Waals surface area contributed by atoms with Crippen LogP contribution in [-0.2, 0) is 4.79 Å². The van der Waals surface area contributed by atoms with Crippen LogP contribution in [0, 0.1) is 11.8 Å². The van der Waals surface area contributed by atoms with E-state index in [1.807, 2.05) is 20.8 Å². The Labute approximate surface area is 75.0 Å². The molecule has 0 saturated carbocycles. The fourth-order valence-electron chi connectivity index (χ4n) is 1.07. The first kappa shape index (κ1) is 11.6. The number of carbonyl (C=O) groups is 1. The van der Waals surface area contributed by atoms with Crippen molar-refractivity contribution in [2.45, 2.75) is 46.1 Å². The molecule has 0 aliphatic rings. The molecule has 0 aromatic rings. The molecule has 12 heavy (non-hydrogen) atoms. The molecule has 0 unspecified atom stereocenters. The van der Waals surface area contributed by atoms with E-state index in [0.29, 0.717) is 18.3 Å². The Bertz CT molecular complexity index is 121. The topological polar surface area (TPSA) is 37.3 Å². The lowest BCUT2D eigenvalue weighted by Gasteiger charge is -2.15. The quantitative estimate of drug-likeness (QED) is 0.622. The van der Waals surface area contributed by atoms with E-state index in [2.05, 4.69) is 0 Å². The summed E-state index contributed by atoms with van der Waals surface area (Å²) >= 11 is 0. The van der Waals surface area contributed by atoms with Crippen molar-refractivity contribution < 1.29 is 9.90 Å². The van der Waals surface area contributed by atoms with Crippen molar-refractivity contribution in [2.24, 2.45) is 11.8 Å². The molecule has 0 bridgehead atoms. The van der Waals surface area contributed by atoms with Gasteiger partial charge in [-0.15, -0.1) is 0 Å². The van der Waals surface area contributed by atoms with Crippen LogP contribution in [0.15, 0.2) is 0 Å². The minimum atomic E-state index is -0.209. The van der Waals surface area contributed by atoms with Gasteiger partial charge in [0.1, 0.15) is 6.29 Å². The molecule has 2 heteroatoms. The van der Waals surface area contributed by atoms with Gasteiger partial charge in [-0.25, -0.2) is 0 Å². The monoisotopic (exact) mass is 172 g/mol. The number of aliphatic hydroxyl groups excluding tert-OH is 1. The number of hydrogen-bond acceptors (Lipinski definition) is 2.